The first-order valence-corrected chi connectivity index (χ1v) is 8.47. The lowest BCUT2D eigenvalue weighted by Crippen LogP contribution is -2.23. The van der Waals surface area contributed by atoms with Crippen molar-refractivity contribution in [3.8, 4) is 0 Å². The normalized spacial score (nSPS) is 11.5. The Morgan fingerprint density at radius 3 is 2.43 bits per heavy atom. The Hall–Kier alpha value is -2.41. The van der Waals surface area contributed by atoms with E-state index in [2.05, 4.69) is 4.72 Å². The Morgan fingerprint density at radius 1 is 1.17 bits per heavy atom. The molecule has 2 rings (SSSR count). The van der Waals surface area contributed by atoms with E-state index in [0.717, 1.165) is 0 Å². The number of rotatable bonds is 5. The Bertz CT molecular complexity index is 848. The number of benzene rings is 2. The van der Waals surface area contributed by atoms with E-state index in [-0.39, 0.29) is 22.5 Å². The molecular formula is C16H17FN2O3S. The van der Waals surface area contributed by atoms with Gasteiger partial charge in [-0.05, 0) is 44.2 Å². The van der Waals surface area contributed by atoms with Crippen LogP contribution in [-0.2, 0) is 10.0 Å². The third-order valence-electron chi connectivity index (χ3n) is 3.31. The van der Waals surface area contributed by atoms with E-state index < -0.39 is 26.9 Å². The summed E-state index contributed by atoms with van der Waals surface area (Å²) in [5, 5.41) is -0.659. The largest absolute Gasteiger partial charge is 0.397 e. The number of sulfonamides is 1. The quantitative estimate of drug-likeness (QED) is 0.649. The average molecular weight is 336 g/mol. The SMILES string of the molecule is CC(C)S(=O)(=O)Nc1cc(C(=O)c2ccccc2F)ccc1N. The maximum atomic E-state index is 13.7. The minimum Gasteiger partial charge on any atom is -0.397 e. The van der Waals surface area contributed by atoms with Crippen LogP contribution < -0.4 is 10.5 Å². The summed E-state index contributed by atoms with van der Waals surface area (Å²) in [5.74, 6) is -1.19. The van der Waals surface area contributed by atoms with Gasteiger partial charge < -0.3 is 5.73 Å². The van der Waals surface area contributed by atoms with Crippen LogP contribution in [0.25, 0.3) is 0 Å². The summed E-state index contributed by atoms with van der Waals surface area (Å²) >= 11 is 0. The molecule has 0 unspecified atom stereocenters. The topological polar surface area (TPSA) is 89.3 Å². The lowest BCUT2D eigenvalue weighted by Gasteiger charge is -2.13. The number of ketones is 1. The van der Waals surface area contributed by atoms with Gasteiger partial charge in [-0.25, -0.2) is 12.8 Å². The molecule has 7 heteroatoms. The highest BCUT2D eigenvalue weighted by atomic mass is 32.2. The predicted octanol–water partition coefficient (Wildman–Crippen LogP) is 2.79. The fraction of sp³-hybridized carbons (Fsp3) is 0.188. The van der Waals surface area contributed by atoms with E-state index in [9.17, 15) is 17.6 Å². The van der Waals surface area contributed by atoms with Crippen molar-refractivity contribution in [3.63, 3.8) is 0 Å². The molecule has 0 aromatic heterocycles. The molecule has 122 valence electrons. The molecule has 0 spiro atoms. The van der Waals surface area contributed by atoms with E-state index in [1.54, 1.807) is 6.07 Å². The number of anilines is 2. The van der Waals surface area contributed by atoms with Crippen LogP contribution in [0.3, 0.4) is 0 Å². The summed E-state index contributed by atoms with van der Waals surface area (Å²) in [6.45, 7) is 3.04. The molecule has 0 fully saturated rings. The van der Waals surface area contributed by atoms with Crippen molar-refractivity contribution in [1.29, 1.82) is 0 Å². The molecule has 3 N–H and O–H groups in total. The number of halogens is 1. The van der Waals surface area contributed by atoms with Crippen LogP contribution in [0.1, 0.15) is 29.8 Å². The molecule has 5 nitrogen and oxygen atoms in total. The molecule has 0 aliphatic rings. The molecule has 2 aromatic rings. The highest BCUT2D eigenvalue weighted by molar-refractivity contribution is 7.93. The maximum absolute atomic E-state index is 13.7. The average Bonchev–Trinajstić information content (AvgIpc) is 2.49. The minimum atomic E-state index is -3.60. The van der Waals surface area contributed by atoms with Gasteiger partial charge in [0.2, 0.25) is 10.0 Å². The first-order valence-electron chi connectivity index (χ1n) is 6.93. The number of nitrogen functional groups attached to an aromatic ring is 1. The second kappa shape index (κ2) is 6.37. The molecule has 23 heavy (non-hydrogen) atoms. The molecule has 0 saturated carbocycles. The fourth-order valence-electron chi connectivity index (χ4n) is 1.86. The summed E-state index contributed by atoms with van der Waals surface area (Å²) in [7, 11) is -3.60. The zero-order valence-corrected chi connectivity index (χ0v) is 13.5. The lowest BCUT2D eigenvalue weighted by molar-refractivity contribution is 0.103. The Morgan fingerprint density at radius 2 is 1.83 bits per heavy atom. The molecule has 0 aliphatic heterocycles. The van der Waals surface area contributed by atoms with E-state index in [4.69, 9.17) is 5.73 Å². The number of hydrogen-bond donors (Lipinski definition) is 2. The van der Waals surface area contributed by atoms with Crippen LogP contribution in [0, 0.1) is 5.82 Å². The molecule has 0 saturated heterocycles. The van der Waals surface area contributed by atoms with Gasteiger partial charge in [-0.1, -0.05) is 12.1 Å². The van der Waals surface area contributed by atoms with Crippen LogP contribution in [0.2, 0.25) is 0 Å². The molecule has 0 radical (unpaired) electrons. The molecule has 2 aromatic carbocycles. The van der Waals surface area contributed by atoms with Crippen LogP contribution in [0.4, 0.5) is 15.8 Å². The first kappa shape index (κ1) is 17.0. The molecule has 0 heterocycles. The number of nitrogens with one attached hydrogen (secondary N) is 1. The van der Waals surface area contributed by atoms with Crippen LogP contribution in [0.15, 0.2) is 42.5 Å². The highest BCUT2D eigenvalue weighted by Gasteiger charge is 2.19. The number of carbonyl (C=O) groups excluding carboxylic acids is 1. The van der Waals surface area contributed by atoms with Crippen molar-refractivity contribution in [3.05, 3.63) is 59.4 Å². The van der Waals surface area contributed by atoms with Crippen LogP contribution in [0.5, 0.6) is 0 Å². The predicted molar refractivity (Wildman–Crippen MR) is 88.4 cm³/mol. The second-order valence-corrected chi connectivity index (χ2v) is 7.54. The van der Waals surface area contributed by atoms with Crippen molar-refractivity contribution in [2.45, 2.75) is 19.1 Å². The van der Waals surface area contributed by atoms with Gasteiger partial charge in [0.25, 0.3) is 0 Å². The van der Waals surface area contributed by atoms with Crippen molar-refractivity contribution >= 4 is 27.2 Å². The van der Waals surface area contributed by atoms with Gasteiger partial charge in [-0.15, -0.1) is 0 Å². The van der Waals surface area contributed by atoms with Gasteiger partial charge in [-0.3, -0.25) is 9.52 Å². The summed E-state index contributed by atoms with van der Waals surface area (Å²) in [5.41, 5.74) is 6.09. The minimum absolute atomic E-state index is 0.0880. The summed E-state index contributed by atoms with van der Waals surface area (Å²) in [6, 6.07) is 9.74. The third kappa shape index (κ3) is 3.68. The first-order chi connectivity index (χ1) is 10.7. The van der Waals surface area contributed by atoms with Gasteiger partial charge in [-0.2, -0.15) is 0 Å². The summed E-state index contributed by atoms with van der Waals surface area (Å²) in [4.78, 5) is 12.4. The van der Waals surface area contributed by atoms with Gasteiger partial charge in [0.05, 0.1) is 22.2 Å². The van der Waals surface area contributed by atoms with E-state index >= 15 is 0 Å². The maximum Gasteiger partial charge on any atom is 0.235 e. The third-order valence-corrected chi connectivity index (χ3v) is 5.05. The summed E-state index contributed by atoms with van der Waals surface area (Å²) in [6.07, 6.45) is 0. The summed E-state index contributed by atoms with van der Waals surface area (Å²) < 4.78 is 40.0. The van der Waals surface area contributed by atoms with Crippen molar-refractivity contribution in [1.82, 2.24) is 0 Å². The van der Waals surface area contributed by atoms with Gasteiger partial charge in [0.1, 0.15) is 5.82 Å². The molecule has 0 bridgehead atoms. The van der Waals surface area contributed by atoms with E-state index in [1.807, 2.05) is 0 Å². The lowest BCUT2D eigenvalue weighted by atomic mass is 10.0. The Kier molecular flexibility index (Phi) is 4.70. The fourth-order valence-corrected chi connectivity index (χ4v) is 2.58. The smallest absolute Gasteiger partial charge is 0.235 e. The number of carbonyl (C=O) groups is 1. The Labute approximate surface area is 134 Å². The second-order valence-electron chi connectivity index (χ2n) is 5.31. The van der Waals surface area contributed by atoms with Gasteiger partial charge in [0, 0.05) is 5.56 Å². The number of nitrogens with two attached hydrogens (primary N) is 1. The molecule has 0 aliphatic carbocycles. The van der Waals surface area contributed by atoms with Crippen LogP contribution >= 0.6 is 0 Å². The molecular weight excluding hydrogens is 319 g/mol. The van der Waals surface area contributed by atoms with Gasteiger partial charge in [0.15, 0.2) is 5.78 Å². The van der Waals surface area contributed by atoms with E-state index in [1.165, 1.54) is 50.2 Å². The van der Waals surface area contributed by atoms with E-state index in [0.29, 0.717) is 0 Å². The Balaban J connectivity index is 2.42. The number of hydrogen-bond acceptors (Lipinski definition) is 4. The zero-order chi connectivity index (χ0) is 17.2. The molecule has 0 amide bonds. The van der Waals surface area contributed by atoms with Crippen molar-refractivity contribution in [2.24, 2.45) is 0 Å². The molecule has 0 atom stereocenters. The van der Waals surface area contributed by atoms with Gasteiger partial charge >= 0.3 is 0 Å². The van der Waals surface area contributed by atoms with Crippen LogP contribution in [-0.4, -0.2) is 19.5 Å². The van der Waals surface area contributed by atoms with Crippen molar-refractivity contribution in [2.75, 3.05) is 10.5 Å². The zero-order valence-electron chi connectivity index (χ0n) is 12.7. The van der Waals surface area contributed by atoms with Crippen molar-refractivity contribution < 1.29 is 17.6 Å². The standard InChI is InChI=1S/C16H17FN2O3S/c1-10(2)23(21,22)19-15-9-11(7-8-14(15)18)16(20)12-5-3-4-6-13(12)17/h3-10,19H,18H2,1-2H3. The highest BCUT2D eigenvalue weighted by Crippen LogP contribution is 2.24. The monoisotopic (exact) mass is 336 g/mol.